The fourth-order valence-corrected chi connectivity index (χ4v) is 4.68. The lowest BCUT2D eigenvalue weighted by Crippen LogP contribution is -2.43. The van der Waals surface area contributed by atoms with Crippen LogP contribution in [-0.2, 0) is 6.42 Å². The number of benzene rings is 2. The van der Waals surface area contributed by atoms with E-state index in [9.17, 15) is 0 Å². The molecule has 1 aliphatic rings. The van der Waals surface area contributed by atoms with Crippen LogP contribution in [0.3, 0.4) is 0 Å². The number of oxazole rings is 1. The van der Waals surface area contributed by atoms with Gasteiger partial charge in [0, 0.05) is 23.7 Å². The molecule has 4 nitrogen and oxygen atoms in total. The SMILES string of the molecule is CC(C)[C@H](CN1CCC(Cc2ccc(Cl)c(Cl)c2)CC1)Nc1nc2ccc(Cl)cc2o1. The standard InChI is InChI=1S/C24H28Cl3N3O/c1-15(2)22(29-24-28-21-6-4-18(25)13-23(21)31-24)14-30-9-7-16(8-10-30)11-17-3-5-19(26)20(27)12-17/h3-6,12-13,15-16,22H,7-11,14H2,1-2H3,(H,28,29)/t22-/m0/s1. The zero-order valence-electron chi connectivity index (χ0n) is 17.9. The lowest BCUT2D eigenvalue weighted by Gasteiger charge is -2.35. The number of anilines is 1. The summed E-state index contributed by atoms with van der Waals surface area (Å²) in [5.74, 6) is 1.13. The van der Waals surface area contributed by atoms with Gasteiger partial charge in [0.2, 0.25) is 0 Å². The number of nitrogens with one attached hydrogen (secondary N) is 1. The first-order valence-corrected chi connectivity index (χ1v) is 12.0. The van der Waals surface area contributed by atoms with Gasteiger partial charge in [-0.3, -0.25) is 0 Å². The molecule has 0 spiro atoms. The first-order chi connectivity index (χ1) is 14.9. The van der Waals surface area contributed by atoms with Crippen LogP contribution in [0.2, 0.25) is 15.1 Å². The molecule has 1 aliphatic heterocycles. The fourth-order valence-electron chi connectivity index (χ4n) is 4.19. The van der Waals surface area contributed by atoms with E-state index in [1.165, 1.54) is 18.4 Å². The van der Waals surface area contributed by atoms with Crippen molar-refractivity contribution in [2.24, 2.45) is 11.8 Å². The monoisotopic (exact) mass is 479 g/mol. The molecule has 0 unspecified atom stereocenters. The minimum absolute atomic E-state index is 0.259. The highest BCUT2D eigenvalue weighted by atomic mass is 35.5. The predicted molar refractivity (Wildman–Crippen MR) is 131 cm³/mol. The Hall–Kier alpha value is -1.46. The largest absolute Gasteiger partial charge is 0.423 e. The molecule has 1 fully saturated rings. The van der Waals surface area contributed by atoms with Crippen LogP contribution < -0.4 is 5.32 Å². The number of fused-ring (bicyclic) bond motifs is 1. The minimum atomic E-state index is 0.259. The quantitative estimate of drug-likeness (QED) is 0.389. The van der Waals surface area contributed by atoms with E-state index >= 15 is 0 Å². The van der Waals surface area contributed by atoms with Crippen LogP contribution in [0.5, 0.6) is 0 Å². The molecule has 0 radical (unpaired) electrons. The molecule has 0 bridgehead atoms. The summed E-state index contributed by atoms with van der Waals surface area (Å²) in [5, 5.41) is 5.42. The van der Waals surface area contributed by atoms with E-state index in [0.717, 1.165) is 31.6 Å². The van der Waals surface area contributed by atoms with Crippen molar-refractivity contribution in [3.05, 3.63) is 57.0 Å². The second kappa shape index (κ2) is 9.99. The molecular formula is C24H28Cl3N3O. The number of nitrogens with zero attached hydrogens (tertiary/aromatic N) is 2. The summed E-state index contributed by atoms with van der Waals surface area (Å²) in [6.07, 6.45) is 3.43. The van der Waals surface area contributed by atoms with Crippen molar-refractivity contribution in [3.63, 3.8) is 0 Å². The Balaban J connectivity index is 1.32. The number of aromatic nitrogens is 1. The molecule has 2 aromatic carbocycles. The maximum absolute atomic E-state index is 6.18. The number of hydrogen-bond acceptors (Lipinski definition) is 4. The van der Waals surface area contributed by atoms with E-state index in [1.54, 1.807) is 6.07 Å². The molecule has 7 heteroatoms. The third-order valence-corrected chi connectivity index (χ3v) is 7.11. The Morgan fingerprint density at radius 3 is 2.55 bits per heavy atom. The van der Waals surface area contributed by atoms with Crippen molar-refractivity contribution in [2.45, 2.75) is 39.2 Å². The fraction of sp³-hybridized carbons (Fsp3) is 0.458. The third-order valence-electron chi connectivity index (χ3n) is 6.13. The number of halogens is 3. The van der Waals surface area contributed by atoms with Crippen LogP contribution in [0, 0.1) is 11.8 Å². The van der Waals surface area contributed by atoms with Gasteiger partial charge in [0.15, 0.2) is 5.58 Å². The minimum Gasteiger partial charge on any atom is -0.423 e. The summed E-state index contributed by atoms with van der Waals surface area (Å²) in [6, 6.07) is 12.3. The average Bonchev–Trinajstić information content (AvgIpc) is 3.13. The van der Waals surface area contributed by atoms with Crippen molar-refractivity contribution in [1.82, 2.24) is 9.88 Å². The van der Waals surface area contributed by atoms with Crippen molar-refractivity contribution < 1.29 is 4.42 Å². The molecule has 2 heterocycles. The predicted octanol–water partition coefficient (Wildman–Crippen LogP) is 7.18. The molecule has 3 aromatic rings. The van der Waals surface area contributed by atoms with E-state index < -0.39 is 0 Å². The second-order valence-corrected chi connectivity index (χ2v) is 10.1. The van der Waals surface area contributed by atoms with Gasteiger partial charge in [0.25, 0.3) is 6.01 Å². The number of piperidine rings is 1. The van der Waals surface area contributed by atoms with Gasteiger partial charge < -0.3 is 14.6 Å². The number of rotatable bonds is 7. The second-order valence-electron chi connectivity index (χ2n) is 8.82. The Bertz CT molecular complexity index is 1030. The first-order valence-electron chi connectivity index (χ1n) is 10.9. The first kappa shape index (κ1) is 22.7. The topological polar surface area (TPSA) is 41.3 Å². The molecule has 4 rings (SSSR count). The van der Waals surface area contributed by atoms with Crippen LogP contribution in [0.1, 0.15) is 32.3 Å². The molecule has 166 valence electrons. The van der Waals surface area contributed by atoms with E-state index in [1.807, 2.05) is 24.3 Å². The Kier molecular flexibility index (Phi) is 7.33. The van der Waals surface area contributed by atoms with Crippen LogP contribution in [0.15, 0.2) is 40.8 Å². The lowest BCUT2D eigenvalue weighted by atomic mass is 9.89. The van der Waals surface area contributed by atoms with Gasteiger partial charge in [-0.25, -0.2) is 0 Å². The van der Waals surface area contributed by atoms with Crippen LogP contribution >= 0.6 is 34.8 Å². The van der Waals surface area contributed by atoms with Crippen molar-refractivity contribution in [3.8, 4) is 0 Å². The summed E-state index contributed by atoms with van der Waals surface area (Å²) in [7, 11) is 0. The maximum Gasteiger partial charge on any atom is 0.295 e. The van der Waals surface area contributed by atoms with Gasteiger partial charge in [0.1, 0.15) is 5.52 Å². The summed E-state index contributed by atoms with van der Waals surface area (Å²) >= 11 is 18.3. The molecule has 1 aromatic heterocycles. The Labute approximate surface area is 198 Å². The van der Waals surface area contributed by atoms with Crippen molar-refractivity contribution in [1.29, 1.82) is 0 Å². The van der Waals surface area contributed by atoms with Gasteiger partial charge in [-0.15, -0.1) is 0 Å². The van der Waals surface area contributed by atoms with E-state index in [0.29, 0.717) is 38.5 Å². The molecular weight excluding hydrogens is 453 g/mol. The van der Waals surface area contributed by atoms with Crippen molar-refractivity contribution >= 4 is 51.9 Å². The summed E-state index contributed by atoms with van der Waals surface area (Å²) in [6.45, 7) is 7.62. The van der Waals surface area contributed by atoms with Gasteiger partial charge in [-0.1, -0.05) is 54.7 Å². The molecule has 31 heavy (non-hydrogen) atoms. The molecule has 1 saturated heterocycles. The Morgan fingerprint density at radius 1 is 1.06 bits per heavy atom. The molecule has 1 atom stereocenters. The zero-order chi connectivity index (χ0) is 22.0. The highest BCUT2D eigenvalue weighted by molar-refractivity contribution is 6.42. The summed E-state index contributed by atoms with van der Waals surface area (Å²) < 4.78 is 5.87. The normalized spacial score (nSPS) is 16.8. The smallest absolute Gasteiger partial charge is 0.295 e. The third kappa shape index (κ3) is 5.87. The van der Waals surface area contributed by atoms with Gasteiger partial charge >= 0.3 is 0 Å². The van der Waals surface area contributed by atoms with Crippen LogP contribution in [0.4, 0.5) is 6.01 Å². The molecule has 0 saturated carbocycles. The van der Waals surface area contributed by atoms with Crippen molar-refractivity contribution in [2.75, 3.05) is 25.0 Å². The molecule has 0 aliphatic carbocycles. The summed E-state index contributed by atoms with van der Waals surface area (Å²) in [5.41, 5.74) is 2.80. The van der Waals surface area contributed by atoms with Gasteiger partial charge in [-0.2, -0.15) is 4.98 Å². The van der Waals surface area contributed by atoms with Gasteiger partial charge in [-0.05, 0) is 74.0 Å². The maximum atomic E-state index is 6.18. The zero-order valence-corrected chi connectivity index (χ0v) is 20.1. The van der Waals surface area contributed by atoms with Crippen LogP contribution in [-0.4, -0.2) is 35.6 Å². The van der Waals surface area contributed by atoms with E-state index in [-0.39, 0.29) is 6.04 Å². The average molecular weight is 481 g/mol. The van der Waals surface area contributed by atoms with E-state index in [4.69, 9.17) is 39.2 Å². The molecule has 0 amide bonds. The lowest BCUT2D eigenvalue weighted by molar-refractivity contribution is 0.169. The van der Waals surface area contributed by atoms with Crippen LogP contribution in [0.25, 0.3) is 11.1 Å². The summed E-state index contributed by atoms with van der Waals surface area (Å²) in [4.78, 5) is 7.11. The molecule has 1 N–H and O–H groups in total. The highest BCUT2D eigenvalue weighted by Gasteiger charge is 2.24. The van der Waals surface area contributed by atoms with E-state index in [2.05, 4.69) is 35.1 Å². The highest BCUT2D eigenvalue weighted by Crippen LogP contribution is 2.28. The van der Waals surface area contributed by atoms with Gasteiger partial charge in [0.05, 0.1) is 10.0 Å². The number of likely N-dealkylation sites (tertiary alicyclic amines) is 1. The Morgan fingerprint density at radius 2 is 1.84 bits per heavy atom. The number of hydrogen-bond donors (Lipinski definition) is 1.